The van der Waals surface area contributed by atoms with Gasteiger partial charge in [-0.3, -0.25) is 19.2 Å². The summed E-state index contributed by atoms with van der Waals surface area (Å²) >= 11 is 0. The minimum atomic E-state index is -0.588. The number of nitriles is 1. The number of likely N-dealkylation sites (tertiary alicyclic amines) is 2. The number of benzene rings is 5. The number of hydrogen-bond donors (Lipinski definition) is 2. The number of amides is 4. The topological polar surface area (TPSA) is 161 Å². The number of rotatable bonds is 12. The second-order valence-corrected chi connectivity index (χ2v) is 15.7. The molecular weight excluding hydrogens is 769 g/mol. The molecule has 12 nitrogen and oxygen atoms in total. The van der Waals surface area contributed by atoms with Crippen LogP contribution in [-0.2, 0) is 26.2 Å². The summed E-state index contributed by atoms with van der Waals surface area (Å²) in [6, 6.07) is 31.3. The molecule has 5 aromatic carbocycles. The lowest BCUT2D eigenvalue weighted by atomic mass is 10.0. The summed E-state index contributed by atoms with van der Waals surface area (Å²) in [5.41, 5.74) is 11.3. The summed E-state index contributed by atoms with van der Waals surface area (Å²) in [4.78, 5) is 60.9. The zero-order valence-electron chi connectivity index (χ0n) is 34.6. The predicted octanol–water partition coefficient (Wildman–Crippen LogP) is 7.29. The number of hydrogen-bond acceptors (Lipinski definition) is 8. The number of hydrazine groups is 1. The summed E-state index contributed by atoms with van der Waals surface area (Å²) in [6.07, 6.45) is 3.74. The molecule has 0 atom stereocenters. The van der Waals surface area contributed by atoms with Gasteiger partial charge in [0.1, 0.15) is 18.1 Å². The van der Waals surface area contributed by atoms with Crippen LogP contribution in [0.15, 0.2) is 103 Å². The van der Waals surface area contributed by atoms with Crippen LogP contribution in [0.3, 0.4) is 0 Å². The van der Waals surface area contributed by atoms with Crippen LogP contribution in [0.5, 0.6) is 11.5 Å². The maximum absolute atomic E-state index is 15.2. The molecular formula is C49H50N6O6. The number of aryl methyl sites for hydroxylation is 2. The molecule has 3 N–H and O–H groups in total. The predicted molar refractivity (Wildman–Crippen MR) is 230 cm³/mol. The lowest BCUT2D eigenvalue weighted by Crippen LogP contribution is -2.49. The Hall–Kier alpha value is -6.97. The van der Waals surface area contributed by atoms with E-state index in [0.717, 1.165) is 31.2 Å². The van der Waals surface area contributed by atoms with Gasteiger partial charge in [0.2, 0.25) is 0 Å². The van der Waals surface area contributed by atoms with Gasteiger partial charge < -0.3 is 25.4 Å². The maximum atomic E-state index is 15.2. The number of phenols is 1. The summed E-state index contributed by atoms with van der Waals surface area (Å²) in [5, 5.41) is 23.8. The van der Waals surface area contributed by atoms with Crippen molar-refractivity contribution in [3.8, 4) is 17.6 Å². The first-order chi connectivity index (χ1) is 29.5. The molecule has 2 heterocycles. The molecule has 0 aliphatic carbocycles. The first-order valence-corrected chi connectivity index (χ1v) is 20.7. The number of carbonyl (C=O) groups is 4. The van der Waals surface area contributed by atoms with E-state index in [9.17, 15) is 20.0 Å². The van der Waals surface area contributed by atoms with Crippen molar-refractivity contribution in [3.63, 3.8) is 0 Å². The fourth-order valence-electron chi connectivity index (χ4n) is 7.95. The van der Waals surface area contributed by atoms with Crippen molar-refractivity contribution in [1.82, 2.24) is 19.8 Å². The van der Waals surface area contributed by atoms with Gasteiger partial charge in [0, 0.05) is 66.1 Å². The second-order valence-electron chi connectivity index (χ2n) is 15.7. The minimum absolute atomic E-state index is 0.103. The van der Waals surface area contributed by atoms with Crippen molar-refractivity contribution in [3.05, 3.63) is 164 Å². The quantitative estimate of drug-likeness (QED) is 0.124. The Kier molecular flexibility index (Phi) is 13.1. The molecule has 61 heavy (non-hydrogen) atoms. The minimum Gasteiger partial charge on any atom is -0.508 e. The standard InChI is InChI=1S/C49H50N6O6/c1-33-24-38(14-16-42(33)48(59)52-20-6-7-21-52)46(57)54(30-40-26-36(28-50)12-18-44(40)56)55(47(58)39-15-17-43(34(2)25-39)49(60)53-22-8-9-23-53)31-41-27-37(29-51)13-19-45(41)61-32-35-10-4-3-5-11-35/h3-5,10-19,24-27,56H,6-9,20-23,28,30-32,50H2,1-2H3. The summed E-state index contributed by atoms with van der Waals surface area (Å²) < 4.78 is 6.32. The van der Waals surface area contributed by atoms with E-state index in [4.69, 9.17) is 10.5 Å². The molecule has 5 aromatic rings. The first kappa shape index (κ1) is 42.2. The summed E-state index contributed by atoms with van der Waals surface area (Å²) in [7, 11) is 0. The van der Waals surface area contributed by atoms with E-state index in [1.165, 1.54) is 16.1 Å². The molecule has 2 aliphatic heterocycles. The van der Waals surface area contributed by atoms with Gasteiger partial charge in [-0.05, 0) is 129 Å². The van der Waals surface area contributed by atoms with Crippen LogP contribution in [0.1, 0.15) is 106 Å². The molecule has 0 saturated carbocycles. The monoisotopic (exact) mass is 818 g/mol. The van der Waals surface area contributed by atoms with Crippen LogP contribution >= 0.6 is 0 Å². The highest BCUT2D eigenvalue weighted by atomic mass is 16.5. The van der Waals surface area contributed by atoms with E-state index in [0.29, 0.717) is 76.4 Å². The second kappa shape index (κ2) is 19.0. The molecule has 0 bridgehead atoms. The van der Waals surface area contributed by atoms with Crippen molar-refractivity contribution in [2.75, 3.05) is 26.2 Å². The van der Waals surface area contributed by atoms with Crippen molar-refractivity contribution in [1.29, 1.82) is 5.26 Å². The normalized spacial score (nSPS) is 13.5. The van der Waals surface area contributed by atoms with Crippen molar-refractivity contribution in [2.45, 2.75) is 65.8 Å². The Labute approximate surface area is 356 Å². The highest BCUT2D eigenvalue weighted by molar-refractivity contribution is 6.02. The Bertz CT molecular complexity index is 2490. The van der Waals surface area contributed by atoms with E-state index in [-0.39, 0.29) is 54.9 Å². The number of nitrogens with two attached hydrogens (primary N) is 1. The molecule has 0 radical (unpaired) electrons. The Morgan fingerprint density at radius 3 is 1.72 bits per heavy atom. The number of aromatic hydroxyl groups is 1. The third-order valence-electron chi connectivity index (χ3n) is 11.4. The van der Waals surface area contributed by atoms with Crippen LogP contribution in [-0.4, -0.2) is 74.7 Å². The average molecular weight is 819 g/mol. The summed E-state index contributed by atoms with van der Waals surface area (Å²) in [6.45, 7) is 6.11. The van der Waals surface area contributed by atoms with Gasteiger partial charge in [0.25, 0.3) is 23.6 Å². The Morgan fingerprint density at radius 2 is 1.21 bits per heavy atom. The highest BCUT2D eigenvalue weighted by Gasteiger charge is 2.32. The maximum Gasteiger partial charge on any atom is 0.272 e. The lowest BCUT2D eigenvalue weighted by molar-refractivity contribution is -0.0121. The molecule has 2 fully saturated rings. The van der Waals surface area contributed by atoms with E-state index >= 15 is 9.59 Å². The number of ether oxygens (including phenoxy) is 1. The average Bonchev–Trinajstić information content (AvgIpc) is 4.04. The van der Waals surface area contributed by atoms with E-state index < -0.39 is 11.8 Å². The van der Waals surface area contributed by atoms with Crippen LogP contribution in [0.2, 0.25) is 0 Å². The zero-order chi connectivity index (χ0) is 43.0. The van der Waals surface area contributed by atoms with E-state index in [1.807, 2.05) is 40.1 Å². The van der Waals surface area contributed by atoms with Gasteiger partial charge in [-0.1, -0.05) is 36.4 Å². The molecule has 0 unspecified atom stereocenters. The molecule has 2 saturated heterocycles. The fraction of sp³-hybridized carbons (Fsp3) is 0.286. The van der Waals surface area contributed by atoms with Crippen LogP contribution in [0, 0.1) is 25.2 Å². The van der Waals surface area contributed by atoms with Gasteiger partial charge in [0.05, 0.1) is 24.7 Å². The summed E-state index contributed by atoms with van der Waals surface area (Å²) in [5.74, 6) is -1.09. The molecule has 2 aliphatic rings. The molecule has 4 amide bonds. The number of carbonyl (C=O) groups excluding carboxylic acids is 4. The molecule has 312 valence electrons. The van der Waals surface area contributed by atoms with E-state index in [2.05, 4.69) is 6.07 Å². The largest absolute Gasteiger partial charge is 0.508 e. The van der Waals surface area contributed by atoms with Crippen LogP contribution in [0.25, 0.3) is 0 Å². The van der Waals surface area contributed by atoms with Crippen molar-refractivity contribution in [2.24, 2.45) is 5.73 Å². The van der Waals surface area contributed by atoms with Gasteiger partial charge in [-0.25, -0.2) is 10.0 Å². The highest BCUT2D eigenvalue weighted by Crippen LogP contribution is 2.30. The fourth-order valence-corrected chi connectivity index (χ4v) is 7.95. The van der Waals surface area contributed by atoms with Crippen LogP contribution < -0.4 is 10.5 Å². The van der Waals surface area contributed by atoms with Crippen molar-refractivity contribution < 1.29 is 29.0 Å². The van der Waals surface area contributed by atoms with E-state index in [1.54, 1.807) is 80.6 Å². The lowest BCUT2D eigenvalue weighted by Gasteiger charge is -2.36. The van der Waals surface area contributed by atoms with Gasteiger partial charge in [-0.2, -0.15) is 5.26 Å². The Morgan fingerprint density at radius 1 is 0.672 bits per heavy atom. The van der Waals surface area contributed by atoms with Gasteiger partial charge >= 0.3 is 0 Å². The third kappa shape index (κ3) is 9.59. The molecule has 7 rings (SSSR count). The molecule has 12 heteroatoms. The third-order valence-corrected chi connectivity index (χ3v) is 11.4. The van der Waals surface area contributed by atoms with Gasteiger partial charge in [0.15, 0.2) is 0 Å². The molecule has 0 spiro atoms. The van der Waals surface area contributed by atoms with Crippen molar-refractivity contribution >= 4 is 23.6 Å². The first-order valence-electron chi connectivity index (χ1n) is 20.7. The smallest absolute Gasteiger partial charge is 0.272 e. The number of phenolic OH excluding ortho intramolecular Hbond substituents is 1. The zero-order valence-corrected chi connectivity index (χ0v) is 34.6. The Balaban J connectivity index is 1.34. The van der Waals surface area contributed by atoms with Gasteiger partial charge in [-0.15, -0.1) is 0 Å². The number of nitrogens with zero attached hydrogens (tertiary/aromatic N) is 5. The van der Waals surface area contributed by atoms with Crippen LogP contribution in [0.4, 0.5) is 0 Å². The molecule has 0 aromatic heterocycles. The SMILES string of the molecule is Cc1cc(C(=O)N(Cc2cc(CN)ccc2O)N(Cc2cc(C#N)ccc2OCc2ccccc2)C(=O)c2ccc(C(=O)N3CCCC3)c(C)c2)ccc1C(=O)N1CCCC1.